The van der Waals surface area contributed by atoms with Crippen molar-refractivity contribution in [3.63, 3.8) is 0 Å². The summed E-state index contributed by atoms with van der Waals surface area (Å²) in [6.07, 6.45) is 2.63. The molecule has 0 unspecified atom stereocenters. The van der Waals surface area contributed by atoms with Crippen LogP contribution in [-0.4, -0.2) is 24.5 Å². The minimum Gasteiger partial charge on any atom is -0.480 e. The predicted octanol–water partition coefficient (Wildman–Crippen LogP) is 1.75. The van der Waals surface area contributed by atoms with E-state index in [1.165, 1.54) is 12.7 Å². The van der Waals surface area contributed by atoms with Crippen LogP contribution in [0.2, 0.25) is 0 Å². The first-order valence-corrected chi connectivity index (χ1v) is 6.85. The van der Waals surface area contributed by atoms with Crippen molar-refractivity contribution in [3.05, 3.63) is 53.2 Å². The van der Waals surface area contributed by atoms with Crippen molar-refractivity contribution >= 4 is 11.6 Å². The molecule has 1 aromatic carbocycles. The number of anilines is 1. The maximum atomic E-state index is 11.8. The van der Waals surface area contributed by atoms with Gasteiger partial charge in [0.2, 0.25) is 5.88 Å². The lowest BCUT2D eigenvalue weighted by molar-refractivity contribution is 0.0997. The van der Waals surface area contributed by atoms with E-state index in [0.717, 1.165) is 30.8 Å². The zero-order valence-electron chi connectivity index (χ0n) is 11.9. The van der Waals surface area contributed by atoms with E-state index in [1.807, 2.05) is 18.2 Å². The van der Waals surface area contributed by atoms with Gasteiger partial charge >= 0.3 is 0 Å². The maximum absolute atomic E-state index is 11.8. The number of carbonyl (C=O) groups excluding carboxylic acids is 1. The zero-order chi connectivity index (χ0) is 14.8. The van der Waals surface area contributed by atoms with Gasteiger partial charge in [-0.3, -0.25) is 4.79 Å². The van der Waals surface area contributed by atoms with Gasteiger partial charge in [-0.2, -0.15) is 0 Å². The Hall–Kier alpha value is -2.56. The number of primary amides is 1. The lowest BCUT2D eigenvalue weighted by Crippen LogP contribution is -2.24. The molecule has 2 heterocycles. The Morgan fingerprint density at radius 1 is 1.38 bits per heavy atom. The average molecular weight is 283 g/mol. The molecule has 5 nitrogen and oxygen atoms in total. The highest BCUT2D eigenvalue weighted by molar-refractivity contribution is 6.02. The van der Waals surface area contributed by atoms with Gasteiger partial charge < -0.3 is 15.4 Å². The van der Waals surface area contributed by atoms with Crippen LogP contribution in [0.25, 0.3) is 0 Å². The summed E-state index contributed by atoms with van der Waals surface area (Å²) in [5.74, 6) is -0.211. The van der Waals surface area contributed by atoms with Gasteiger partial charge in [0.05, 0.1) is 12.8 Å². The molecular formula is C16H17N3O2. The summed E-state index contributed by atoms with van der Waals surface area (Å²) >= 11 is 0. The molecule has 0 saturated heterocycles. The highest BCUT2D eigenvalue weighted by atomic mass is 16.5. The Labute approximate surface area is 123 Å². The molecule has 3 rings (SSSR count). The van der Waals surface area contributed by atoms with Gasteiger partial charge in [-0.15, -0.1) is 0 Å². The average Bonchev–Trinajstić information content (AvgIpc) is 2.90. The molecule has 0 saturated carbocycles. The first kappa shape index (κ1) is 13.4. The number of hydrogen-bond donors (Lipinski definition) is 1. The van der Waals surface area contributed by atoms with Crippen LogP contribution in [0.15, 0.2) is 36.5 Å². The Balaban J connectivity index is 2.02. The summed E-state index contributed by atoms with van der Waals surface area (Å²) in [5.41, 5.74) is 9.00. The molecule has 0 atom stereocenters. The number of methoxy groups -OCH3 is 1. The highest BCUT2D eigenvalue weighted by Crippen LogP contribution is 2.36. The van der Waals surface area contributed by atoms with Crippen molar-refractivity contribution in [2.45, 2.75) is 13.0 Å². The van der Waals surface area contributed by atoms with E-state index in [2.05, 4.69) is 22.0 Å². The topological polar surface area (TPSA) is 68.5 Å². The minimum atomic E-state index is -0.504. The van der Waals surface area contributed by atoms with E-state index < -0.39 is 5.91 Å². The zero-order valence-corrected chi connectivity index (χ0v) is 11.9. The van der Waals surface area contributed by atoms with Gasteiger partial charge in [-0.1, -0.05) is 30.3 Å². The summed E-state index contributed by atoms with van der Waals surface area (Å²) in [4.78, 5) is 18.2. The van der Waals surface area contributed by atoms with Gasteiger partial charge in [-0.05, 0) is 17.5 Å². The Bertz CT molecular complexity index is 671. The maximum Gasteiger partial charge on any atom is 0.256 e. The largest absolute Gasteiger partial charge is 0.480 e. The van der Waals surface area contributed by atoms with Crippen molar-refractivity contribution in [2.24, 2.45) is 5.73 Å². The lowest BCUT2D eigenvalue weighted by atomic mass is 10.1. The van der Waals surface area contributed by atoms with Gasteiger partial charge in [0, 0.05) is 19.3 Å². The third kappa shape index (κ3) is 2.42. The molecule has 1 aliphatic rings. The van der Waals surface area contributed by atoms with E-state index in [9.17, 15) is 4.79 Å². The first-order valence-electron chi connectivity index (χ1n) is 6.85. The molecular weight excluding hydrogens is 266 g/mol. The van der Waals surface area contributed by atoms with Gasteiger partial charge in [-0.25, -0.2) is 4.98 Å². The minimum absolute atomic E-state index is 0.293. The lowest BCUT2D eigenvalue weighted by Gasteiger charge is -2.22. The molecule has 21 heavy (non-hydrogen) atoms. The van der Waals surface area contributed by atoms with E-state index in [-0.39, 0.29) is 0 Å². The van der Waals surface area contributed by atoms with Crippen LogP contribution in [-0.2, 0) is 13.0 Å². The molecule has 0 fully saturated rings. The Kier molecular flexibility index (Phi) is 3.48. The number of benzene rings is 1. The van der Waals surface area contributed by atoms with Crippen LogP contribution in [0.4, 0.5) is 5.69 Å². The second-order valence-corrected chi connectivity index (χ2v) is 5.04. The fourth-order valence-corrected chi connectivity index (χ4v) is 2.77. The van der Waals surface area contributed by atoms with Gasteiger partial charge in [0.1, 0.15) is 5.56 Å². The monoisotopic (exact) mass is 283 g/mol. The molecule has 2 N–H and O–H groups in total. The SMILES string of the molecule is COc1ncc2c(c1C(N)=O)N(Cc1ccccc1)CC2. The molecule has 5 heteroatoms. The number of fused-ring (bicyclic) bond motifs is 1. The van der Waals surface area contributed by atoms with Gasteiger partial charge in [0.25, 0.3) is 5.91 Å². The summed E-state index contributed by atoms with van der Waals surface area (Å²) in [6.45, 7) is 1.58. The molecule has 0 radical (unpaired) electrons. The molecule has 1 amide bonds. The molecule has 0 aliphatic carbocycles. The van der Waals surface area contributed by atoms with Crippen molar-refractivity contribution in [2.75, 3.05) is 18.6 Å². The quantitative estimate of drug-likeness (QED) is 0.928. The summed E-state index contributed by atoms with van der Waals surface area (Å²) < 4.78 is 5.19. The Morgan fingerprint density at radius 2 is 2.14 bits per heavy atom. The number of ether oxygens (including phenoxy) is 1. The third-order valence-corrected chi connectivity index (χ3v) is 3.72. The van der Waals surface area contributed by atoms with Crippen molar-refractivity contribution in [1.29, 1.82) is 0 Å². The van der Waals surface area contributed by atoms with Crippen LogP contribution >= 0.6 is 0 Å². The number of rotatable bonds is 4. The number of amides is 1. The number of carbonyl (C=O) groups is 1. The van der Waals surface area contributed by atoms with Crippen molar-refractivity contribution in [3.8, 4) is 5.88 Å². The van der Waals surface area contributed by atoms with Gasteiger partial charge in [0.15, 0.2) is 0 Å². The number of hydrogen-bond acceptors (Lipinski definition) is 4. The second kappa shape index (κ2) is 5.44. The fourth-order valence-electron chi connectivity index (χ4n) is 2.77. The summed E-state index contributed by atoms with van der Waals surface area (Å²) in [5, 5.41) is 0. The number of nitrogens with two attached hydrogens (primary N) is 1. The van der Waals surface area contributed by atoms with Crippen LogP contribution < -0.4 is 15.4 Å². The fraction of sp³-hybridized carbons (Fsp3) is 0.250. The number of pyridine rings is 1. The van der Waals surface area contributed by atoms with Crippen LogP contribution in [0.5, 0.6) is 5.88 Å². The molecule has 1 aliphatic heterocycles. The van der Waals surface area contributed by atoms with E-state index in [0.29, 0.717) is 11.4 Å². The number of aromatic nitrogens is 1. The standard InChI is InChI=1S/C16H17N3O2/c1-21-16-13(15(17)20)14-12(9-18-16)7-8-19(14)10-11-5-3-2-4-6-11/h2-6,9H,7-8,10H2,1H3,(H2,17,20). The van der Waals surface area contributed by atoms with Crippen molar-refractivity contribution in [1.82, 2.24) is 4.98 Å². The van der Waals surface area contributed by atoms with Crippen molar-refractivity contribution < 1.29 is 9.53 Å². The Morgan fingerprint density at radius 3 is 2.81 bits per heavy atom. The van der Waals surface area contributed by atoms with Crippen LogP contribution in [0.1, 0.15) is 21.5 Å². The first-order chi connectivity index (χ1) is 10.2. The molecule has 2 aromatic rings. The van der Waals surface area contributed by atoms with Crippen LogP contribution in [0.3, 0.4) is 0 Å². The molecule has 1 aromatic heterocycles. The van der Waals surface area contributed by atoms with E-state index in [4.69, 9.17) is 10.5 Å². The third-order valence-electron chi connectivity index (χ3n) is 3.72. The highest BCUT2D eigenvalue weighted by Gasteiger charge is 2.28. The van der Waals surface area contributed by atoms with Crippen LogP contribution in [0, 0.1) is 0 Å². The normalized spacial score (nSPS) is 13.1. The summed E-state index contributed by atoms with van der Waals surface area (Å²) in [7, 11) is 1.50. The molecule has 0 bridgehead atoms. The number of nitrogens with zero attached hydrogens (tertiary/aromatic N) is 2. The predicted molar refractivity (Wildman–Crippen MR) is 80.5 cm³/mol. The van der Waals surface area contributed by atoms with E-state index in [1.54, 1.807) is 6.20 Å². The smallest absolute Gasteiger partial charge is 0.256 e. The second-order valence-electron chi connectivity index (χ2n) is 5.04. The van der Waals surface area contributed by atoms with E-state index >= 15 is 0 Å². The molecule has 108 valence electrons. The molecule has 0 spiro atoms. The summed E-state index contributed by atoms with van der Waals surface area (Å²) in [6, 6.07) is 10.1.